The summed E-state index contributed by atoms with van der Waals surface area (Å²) in [6.45, 7) is 13.0. The molecule has 0 saturated carbocycles. The molecule has 0 fully saturated rings. The van der Waals surface area contributed by atoms with Crippen LogP contribution in [-0.2, 0) is 6.42 Å². The minimum absolute atomic E-state index is 0.322. The second-order valence-corrected chi connectivity index (χ2v) is 6.81. The summed E-state index contributed by atoms with van der Waals surface area (Å²) in [5, 5.41) is 8.27. The number of anilines is 1. The van der Waals surface area contributed by atoms with Crippen molar-refractivity contribution in [3.05, 3.63) is 33.3 Å². The fourth-order valence-electron chi connectivity index (χ4n) is 2.48. The molecule has 1 unspecified atom stereocenters. The van der Waals surface area contributed by atoms with Crippen molar-refractivity contribution >= 4 is 17.0 Å². The Bertz CT molecular complexity index is 581. The molecule has 0 aliphatic rings. The number of thiophene rings is 1. The Morgan fingerprint density at radius 2 is 1.95 bits per heavy atom. The molecule has 2 rings (SSSR count). The zero-order valence-electron chi connectivity index (χ0n) is 13.3. The highest BCUT2D eigenvalue weighted by molar-refractivity contribution is 7.12. The van der Waals surface area contributed by atoms with Gasteiger partial charge < -0.3 is 5.32 Å². The molecule has 3 nitrogen and oxygen atoms in total. The summed E-state index contributed by atoms with van der Waals surface area (Å²) in [7, 11) is 0. The summed E-state index contributed by atoms with van der Waals surface area (Å²) >= 11 is 1.90. The van der Waals surface area contributed by atoms with Gasteiger partial charge >= 0.3 is 0 Å². The summed E-state index contributed by atoms with van der Waals surface area (Å²) in [6, 6.07) is 5.18. The standard InChI is InChI=1S/C16H25N3S/c1-7-14-8-9-15(20-14)11(4)17-16-12(5)18-19(10(2)3)13(16)6/h8-11,17H,7H2,1-6H3. The van der Waals surface area contributed by atoms with Crippen molar-refractivity contribution in [3.8, 4) is 0 Å². The lowest BCUT2D eigenvalue weighted by Gasteiger charge is -2.15. The second-order valence-electron chi connectivity index (χ2n) is 5.61. The molecule has 20 heavy (non-hydrogen) atoms. The van der Waals surface area contributed by atoms with E-state index in [4.69, 9.17) is 0 Å². The van der Waals surface area contributed by atoms with Crippen molar-refractivity contribution in [1.82, 2.24) is 9.78 Å². The average Bonchev–Trinajstić information content (AvgIpc) is 2.98. The van der Waals surface area contributed by atoms with E-state index in [1.54, 1.807) is 0 Å². The van der Waals surface area contributed by atoms with E-state index >= 15 is 0 Å². The molecule has 2 aromatic heterocycles. The van der Waals surface area contributed by atoms with Crippen LogP contribution in [0.3, 0.4) is 0 Å². The molecule has 0 bridgehead atoms. The van der Waals surface area contributed by atoms with Crippen molar-refractivity contribution in [2.45, 2.75) is 60.0 Å². The molecule has 4 heteroatoms. The highest BCUT2D eigenvalue weighted by Crippen LogP contribution is 2.30. The van der Waals surface area contributed by atoms with Crippen LogP contribution in [-0.4, -0.2) is 9.78 Å². The second kappa shape index (κ2) is 6.00. The van der Waals surface area contributed by atoms with Gasteiger partial charge in [-0.3, -0.25) is 4.68 Å². The quantitative estimate of drug-likeness (QED) is 0.851. The van der Waals surface area contributed by atoms with Gasteiger partial charge in [0.15, 0.2) is 0 Å². The first-order valence-corrected chi connectivity index (χ1v) is 8.16. The average molecular weight is 291 g/mol. The molecule has 2 aromatic rings. The fourth-order valence-corrected chi connectivity index (χ4v) is 3.43. The van der Waals surface area contributed by atoms with E-state index < -0.39 is 0 Å². The third-order valence-electron chi connectivity index (χ3n) is 3.63. The molecule has 0 spiro atoms. The largest absolute Gasteiger partial charge is 0.375 e. The maximum atomic E-state index is 4.64. The number of aromatic nitrogens is 2. The van der Waals surface area contributed by atoms with Crippen LogP contribution >= 0.6 is 11.3 Å². The number of nitrogens with zero attached hydrogens (tertiary/aromatic N) is 2. The van der Waals surface area contributed by atoms with Gasteiger partial charge in [0.05, 0.1) is 23.1 Å². The first-order valence-electron chi connectivity index (χ1n) is 7.34. The molecule has 0 radical (unpaired) electrons. The zero-order valence-corrected chi connectivity index (χ0v) is 14.1. The third kappa shape index (κ3) is 2.90. The van der Waals surface area contributed by atoms with E-state index in [-0.39, 0.29) is 0 Å². The van der Waals surface area contributed by atoms with Gasteiger partial charge in [0.1, 0.15) is 0 Å². The molecule has 1 N–H and O–H groups in total. The Morgan fingerprint density at radius 3 is 2.45 bits per heavy atom. The highest BCUT2D eigenvalue weighted by atomic mass is 32.1. The maximum Gasteiger partial charge on any atom is 0.0828 e. The molecule has 110 valence electrons. The number of rotatable bonds is 5. The number of hydrogen-bond donors (Lipinski definition) is 1. The first kappa shape index (κ1) is 15.1. The Morgan fingerprint density at radius 1 is 1.25 bits per heavy atom. The van der Waals surface area contributed by atoms with E-state index in [1.165, 1.54) is 21.1 Å². The Hall–Kier alpha value is -1.29. The Balaban J connectivity index is 2.21. The van der Waals surface area contributed by atoms with E-state index in [9.17, 15) is 0 Å². The predicted molar refractivity (Wildman–Crippen MR) is 87.8 cm³/mol. The van der Waals surface area contributed by atoms with Crippen molar-refractivity contribution in [2.75, 3.05) is 5.32 Å². The van der Waals surface area contributed by atoms with Crippen LogP contribution in [0, 0.1) is 13.8 Å². The van der Waals surface area contributed by atoms with Crippen molar-refractivity contribution in [3.63, 3.8) is 0 Å². The van der Waals surface area contributed by atoms with Gasteiger partial charge in [0.2, 0.25) is 0 Å². The minimum atomic E-state index is 0.322. The predicted octanol–water partition coefficient (Wildman–Crippen LogP) is 4.88. The molecular formula is C16H25N3S. The van der Waals surface area contributed by atoms with Gasteiger partial charge in [-0.15, -0.1) is 11.3 Å². The number of hydrogen-bond acceptors (Lipinski definition) is 3. The summed E-state index contributed by atoms with van der Waals surface area (Å²) in [6.07, 6.45) is 1.11. The van der Waals surface area contributed by atoms with Gasteiger partial charge in [-0.05, 0) is 53.2 Å². The van der Waals surface area contributed by atoms with Crippen LogP contribution in [0.15, 0.2) is 12.1 Å². The van der Waals surface area contributed by atoms with Gasteiger partial charge in [0, 0.05) is 15.8 Å². The van der Waals surface area contributed by atoms with Gasteiger partial charge in [-0.2, -0.15) is 5.10 Å². The summed E-state index contributed by atoms with van der Waals surface area (Å²) < 4.78 is 2.09. The number of nitrogens with one attached hydrogen (secondary N) is 1. The van der Waals surface area contributed by atoms with E-state index in [1.807, 2.05) is 11.3 Å². The smallest absolute Gasteiger partial charge is 0.0828 e. The minimum Gasteiger partial charge on any atom is -0.375 e. The molecule has 0 aliphatic carbocycles. The van der Waals surface area contributed by atoms with Crippen LogP contribution in [0.5, 0.6) is 0 Å². The Labute approximate surface area is 126 Å². The van der Waals surface area contributed by atoms with Crippen molar-refractivity contribution in [2.24, 2.45) is 0 Å². The van der Waals surface area contributed by atoms with Crippen LogP contribution in [0.25, 0.3) is 0 Å². The highest BCUT2D eigenvalue weighted by Gasteiger charge is 2.16. The number of aryl methyl sites for hydroxylation is 2. The van der Waals surface area contributed by atoms with Crippen molar-refractivity contribution in [1.29, 1.82) is 0 Å². The molecule has 0 aliphatic heterocycles. The van der Waals surface area contributed by atoms with E-state index in [2.05, 4.69) is 68.8 Å². The molecule has 0 amide bonds. The van der Waals surface area contributed by atoms with E-state index in [0.717, 1.165) is 12.1 Å². The third-order valence-corrected chi connectivity index (χ3v) is 5.04. The van der Waals surface area contributed by atoms with Crippen molar-refractivity contribution < 1.29 is 0 Å². The SMILES string of the molecule is CCc1ccc(C(C)Nc2c(C)nn(C(C)C)c2C)s1. The lowest BCUT2D eigenvalue weighted by Crippen LogP contribution is -2.08. The van der Waals surface area contributed by atoms with E-state index in [0.29, 0.717) is 12.1 Å². The van der Waals surface area contributed by atoms with Crippen LogP contribution < -0.4 is 5.32 Å². The molecule has 0 aromatic carbocycles. The zero-order chi connectivity index (χ0) is 14.9. The van der Waals surface area contributed by atoms with Gasteiger partial charge in [-0.25, -0.2) is 0 Å². The summed E-state index contributed by atoms with van der Waals surface area (Å²) in [5.74, 6) is 0. The normalized spacial score (nSPS) is 12.9. The molecule has 0 saturated heterocycles. The lowest BCUT2D eigenvalue weighted by molar-refractivity contribution is 0.516. The van der Waals surface area contributed by atoms with Crippen LogP contribution in [0.1, 0.15) is 60.9 Å². The summed E-state index contributed by atoms with van der Waals surface area (Å²) in [5.41, 5.74) is 3.48. The first-order chi connectivity index (χ1) is 9.43. The topological polar surface area (TPSA) is 29.9 Å². The monoisotopic (exact) mass is 291 g/mol. The fraction of sp³-hybridized carbons (Fsp3) is 0.562. The van der Waals surface area contributed by atoms with Crippen LogP contribution in [0.2, 0.25) is 0 Å². The molecule has 2 heterocycles. The maximum absolute atomic E-state index is 4.64. The molecular weight excluding hydrogens is 266 g/mol. The van der Waals surface area contributed by atoms with Gasteiger partial charge in [-0.1, -0.05) is 6.92 Å². The summed E-state index contributed by atoms with van der Waals surface area (Å²) in [4.78, 5) is 2.83. The van der Waals surface area contributed by atoms with Crippen LogP contribution in [0.4, 0.5) is 5.69 Å². The Kier molecular flexibility index (Phi) is 4.53. The lowest BCUT2D eigenvalue weighted by atomic mass is 10.2. The molecule has 1 atom stereocenters. The van der Waals surface area contributed by atoms with Gasteiger partial charge in [0.25, 0.3) is 0 Å².